The molecule has 1 amide bonds. The first-order valence-corrected chi connectivity index (χ1v) is 8.23. The van der Waals surface area contributed by atoms with E-state index in [1.54, 1.807) is 0 Å². The molecular weight excluding hydrogens is 272 g/mol. The van der Waals surface area contributed by atoms with Gasteiger partial charge in [-0.1, -0.05) is 0 Å². The predicted molar refractivity (Wildman–Crippen MR) is 84.4 cm³/mol. The highest BCUT2D eigenvalue weighted by Crippen LogP contribution is 2.23. The summed E-state index contributed by atoms with van der Waals surface area (Å²) in [5, 5.41) is 0.553. The number of nitrogens with zero attached hydrogens (tertiary/aromatic N) is 2. The second-order valence-electron chi connectivity index (χ2n) is 7.11. The first kappa shape index (κ1) is 16.0. The molecular formula is C15H28N2O2S. The van der Waals surface area contributed by atoms with Gasteiger partial charge in [-0.05, 0) is 52.5 Å². The molecule has 2 rings (SSSR count). The summed E-state index contributed by atoms with van der Waals surface area (Å²) in [7, 11) is 0. The molecule has 2 saturated heterocycles. The van der Waals surface area contributed by atoms with Crippen LogP contribution in [0.3, 0.4) is 0 Å². The van der Waals surface area contributed by atoms with Crippen LogP contribution >= 0.6 is 12.6 Å². The topological polar surface area (TPSA) is 32.8 Å². The van der Waals surface area contributed by atoms with Gasteiger partial charge in [-0.15, -0.1) is 0 Å². The van der Waals surface area contributed by atoms with Gasteiger partial charge in [0.1, 0.15) is 5.60 Å². The minimum Gasteiger partial charge on any atom is -0.444 e. The maximum absolute atomic E-state index is 12.0. The van der Waals surface area contributed by atoms with Crippen molar-refractivity contribution in [2.45, 2.75) is 50.9 Å². The fourth-order valence-electron chi connectivity index (χ4n) is 2.97. The monoisotopic (exact) mass is 300 g/mol. The third-order valence-corrected chi connectivity index (χ3v) is 4.45. The van der Waals surface area contributed by atoms with Crippen molar-refractivity contribution in [3.05, 3.63) is 0 Å². The predicted octanol–water partition coefficient (Wildman–Crippen LogP) is 2.64. The molecule has 0 aliphatic carbocycles. The zero-order valence-corrected chi connectivity index (χ0v) is 13.9. The van der Waals surface area contributed by atoms with Gasteiger partial charge in [-0.3, -0.25) is 0 Å². The summed E-state index contributed by atoms with van der Waals surface area (Å²) in [6.07, 6.45) is 3.23. The van der Waals surface area contributed by atoms with Crippen LogP contribution in [0.25, 0.3) is 0 Å². The van der Waals surface area contributed by atoms with E-state index in [2.05, 4.69) is 17.5 Å². The van der Waals surface area contributed by atoms with Crippen molar-refractivity contribution >= 4 is 18.7 Å². The molecule has 1 atom stereocenters. The summed E-state index contributed by atoms with van der Waals surface area (Å²) in [5.41, 5.74) is -0.398. The molecule has 0 unspecified atom stereocenters. The number of carbonyl (C=O) groups excluding carboxylic acids is 1. The molecule has 0 saturated carbocycles. The molecule has 0 bridgehead atoms. The van der Waals surface area contributed by atoms with Crippen molar-refractivity contribution in [1.82, 2.24) is 9.80 Å². The minimum absolute atomic E-state index is 0.160. The molecule has 20 heavy (non-hydrogen) atoms. The summed E-state index contributed by atoms with van der Waals surface area (Å²) < 4.78 is 5.43. The number of thiol groups is 1. The number of amides is 1. The maximum atomic E-state index is 12.0. The van der Waals surface area contributed by atoms with Gasteiger partial charge in [0.15, 0.2) is 0 Å². The smallest absolute Gasteiger partial charge is 0.410 e. The second-order valence-corrected chi connectivity index (χ2v) is 7.84. The number of ether oxygens (including phenoxy) is 1. The van der Waals surface area contributed by atoms with E-state index >= 15 is 0 Å². The fraction of sp³-hybridized carbons (Fsp3) is 0.933. The molecule has 2 aliphatic rings. The van der Waals surface area contributed by atoms with Crippen LogP contribution in [0.15, 0.2) is 0 Å². The molecule has 0 aromatic heterocycles. The maximum Gasteiger partial charge on any atom is 0.410 e. The average molecular weight is 300 g/mol. The molecule has 2 aliphatic heterocycles. The zero-order valence-electron chi connectivity index (χ0n) is 13.0. The number of hydrogen-bond acceptors (Lipinski definition) is 4. The lowest BCUT2D eigenvalue weighted by Crippen LogP contribution is -2.43. The molecule has 116 valence electrons. The van der Waals surface area contributed by atoms with Crippen LogP contribution in [-0.4, -0.2) is 59.5 Å². The van der Waals surface area contributed by atoms with Crippen LogP contribution in [0.4, 0.5) is 4.79 Å². The first-order valence-electron chi connectivity index (χ1n) is 7.72. The molecule has 5 heteroatoms. The average Bonchev–Trinajstić information content (AvgIpc) is 2.73. The van der Waals surface area contributed by atoms with E-state index in [9.17, 15) is 4.79 Å². The van der Waals surface area contributed by atoms with Crippen LogP contribution in [0, 0.1) is 5.92 Å². The first-order chi connectivity index (χ1) is 9.33. The summed E-state index contributed by atoms with van der Waals surface area (Å²) in [6, 6.07) is 0. The van der Waals surface area contributed by atoms with E-state index in [4.69, 9.17) is 4.74 Å². The molecule has 0 radical (unpaired) electrons. The normalized spacial score (nSPS) is 26.0. The highest BCUT2D eigenvalue weighted by Gasteiger charge is 2.29. The zero-order chi connectivity index (χ0) is 14.8. The second kappa shape index (κ2) is 6.56. The van der Waals surface area contributed by atoms with Crippen LogP contribution in [0.5, 0.6) is 0 Å². The summed E-state index contributed by atoms with van der Waals surface area (Å²) >= 11 is 4.54. The van der Waals surface area contributed by atoms with Gasteiger partial charge in [0.25, 0.3) is 0 Å². The Hall–Kier alpha value is -0.420. The van der Waals surface area contributed by atoms with Crippen molar-refractivity contribution < 1.29 is 9.53 Å². The van der Waals surface area contributed by atoms with E-state index in [1.165, 1.54) is 19.5 Å². The van der Waals surface area contributed by atoms with Crippen LogP contribution in [0.1, 0.15) is 40.0 Å². The number of carbonyl (C=O) groups is 1. The summed E-state index contributed by atoms with van der Waals surface area (Å²) in [6.45, 7) is 10.9. The lowest BCUT2D eigenvalue weighted by molar-refractivity contribution is 0.0173. The Labute approximate surface area is 128 Å². The molecule has 0 spiro atoms. The number of likely N-dealkylation sites (tertiary alicyclic amines) is 2. The standard InChI is InChI=1S/C15H28N2O2S/c1-15(2,3)19-14(18)17-8-4-12(5-9-17)10-16-7-6-13(20)11-16/h12-13,20H,4-11H2,1-3H3/t13-/m1/s1. The van der Waals surface area contributed by atoms with E-state index in [1.807, 2.05) is 25.7 Å². The van der Waals surface area contributed by atoms with Crippen molar-refractivity contribution in [3.8, 4) is 0 Å². The van der Waals surface area contributed by atoms with E-state index < -0.39 is 5.60 Å². The van der Waals surface area contributed by atoms with Crippen LogP contribution in [0.2, 0.25) is 0 Å². The SMILES string of the molecule is CC(C)(C)OC(=O)N1CCC(CN2CC[C@@H](S)C2)CC1. The molecule has 0 aromatic rings. The van der Waals surface area contributed by atoms with Crippen molar-refractivity contribution in [1.29, 1.82) is 0 Å². The highest BCUT2D eigenvalue weighted by atomic mass is 32.1. The minimum atomic E-state index is -0.398. The van der Waals surface area contributed by atoms with Gasteiger partial charge in [0, 0.05) is 31.4 Å². The van der Waals surface area contributed by atoms with E-state index in [0.717, 1.165) is 32.5 Å². The molecule has 0 aromatic carbocycles. The van der Waals surface area contributed by atoms with Crippen molar-refractivity contribution in [3.63, 3.8) is 0 Å². The Morgan fingerprint density at radius 1 is 1.20 bits per heavy atom. The lowest BCUT2D eigenvalue weighted by atomic mass is 9.96. The third kappa shape index (κ3) is 4.85. The lowest BCUT2D eigenvalue weighted by Gasteiger charge is -2.34. The van der Waals surface area contributed by atoms with Crippen LogP contribution < -0.4 is 0 Å². The van der Waals surface area contributed by atoms with Gasteiger partial charge in [-0.25, -0.2) is 4.79 Å². The van der Waals surface area contributed by atoms with Gasteiger partial charge < -0.3 is 14.5 Å². The fourth-order valence-corrected chi connectivity index (χ4v) is 3.31. The largest absolute Gasteiger partial charge is 0.444 e. The molecule has 0 N–H and O–H groups in total. The molecule has 2 fully saturated rings. The molecule has 4 nitrogen and oxygen atoms in total. The Morgan fingerprint density at radius 3 is 2.35 bits per heavy atom. The Morgan fingerprint density at radius 2 is 1.85 bits per heavy atom. The number of piperidine rings is 1. The van der Waals surface area contributed by atoms with Gasteiger partial charge in [-0.2, -0.15) is 12.6 Å². The third-order valence-electron chi connectivity index (χ3n) is 4.03. The Bertz CT molecular complexity index is 335. The van der Waals surface area contributed by atoms with Gasteiger partial charge in [0.2, 0.25) is 0 Å². The number of hydrogen-bond donors (Lipinski definition) is 1. The van der Waals surface area contributed by atoms with E-state index in [-0.39, 0.29) is 6.09 Å². The van der Waals surface area contributed by atoms with E-state index in [0.29, 0.717) is 11.2 Å². The van der Waals surface area contributed by atoms with Crippen molar-refractivity contribution in [2.24, 2.45) is 5.92 Å². The Kier molecular flexibility index (Phi) is 5.24. The van der Waals surface area contributed by atoms with Crippen molar-refractivity contribution in [2.75, 3.05) is 32.7 Å². The molecule has 2 heterocycles. The Balaban J connectivity index is 1.71. The number of rotatable bonds is 2. The van der Waals surface area contributed by atoms with Gasteiger partial charge in [0.05, 0.1) is 0 Å². The van der Waals surface area contributed by atoms with Gasteiger partial charge >= 0.3 is 6.09 Å². The van der Waals surface area contributed by atoms with Crippen LogP contribution in [-0.2, 0) is 4.74 Å². The summed E-state index contributed by atoms with van der Waals surface area (Å²) in [4.78, 5) is 16.4. The highest BCUT2D eigenvalue weighted by molar-refractivity contribution is 7.81. The summed E-state index contributed by atoms with van der Waals surface area (Å²) in [5.74, 6) is 0.715. The quantitative estimate of drug-likeness (QED) is 0.796.